The molecular formula is C17H14N4O3. The Morgan fingerprint density at radius 2 is 2.17 bits per heavy atom. The Labute approximate surface area is 136 Å². The number of nitrogens with one attached hydrogen (secondary N) is 1. The Morgan fingerprint density at radius 3 is 2.96 bits per heavy atom. The second-order valence-electron chi connectivity index (χ2n) is 5.43. The van der Waals surface area contributed by atoms with Crippen LogP contribution in [0.25, 0.3) is 16.7 Å². The first-order valence-corrected chi connectivity index (χ1v) is 7.42. The SMILES string of the molecule is Cn1c(C(=O)NCc2ccco2)cc2c(=O)n3ccccc3nc21. The van der Waals surface area contributed by atoms with Gasteiger partial charge in [0.05, 0.1) is 18.2 Å². The fraction of sp³-hybridized carbons (Fsp3) is 0.118. The first-order chi connectivity index (χ1) is 11.6. The van der Waals surface area contributed by atoms with Gasteiger partial charge in [0.2, 0.25) is 0 Å². The van der Waals surface area contributed by atoms with Crippen molar-refractivity contribution in [2.45, 2.75) is 6.54 Å². The molecule has 4 heterocycles. The maximum atomic E-state index is 12.6. The Bertz CT molecular complexity index is 1110. The third-order valence-corrected chi connectivity index (χ3v) is 3.94. The molecule has 1 amide bonds. The lowest BCUT2D eigenvalue weighted by molar-refractivity contribution is 0.0940. The van der Waals surface area contributed by atoms with Crippen LogP contribution in [-0.4, -0.2) is 19.9 Å². The lowest BCUT2D eigenvalue weighted by atomic mass is 10.3. The minimum Gasteiger partial charge on any atom is -0.467 e. The predicted octanol–water partition coefficient (Wildman–Crippen LogP) is 1.71. The molecule has 0 radical (unpaired) electrons. The summed E-state index contributed by atoms with van der Waals surface area (Å²) in [6.45, 7) is 0.280. The van der Waals surface area contributed by atoms with Crippen molar-refractivity contribution < 1.29 is 9.21 Å². The van der Waals surface area contributed by atoms with Gasteiger partial charge in [0.1, 0.15) is 22.7 Å². The minimum absolute atomic E-state index is 0.198. The van der Waals surface area contributed by atoms with Crippen LogP contribution in [0, 0.1) is 0 Å². The second kappa shape index (κ2) is 5.38. The van der Waals surface area contributed by atoms with Gasteiger partial charge in [-0.3, -0.25) is 14.0 Å². The molecule has 4 aromatic heterocycles. The van der Waals surface area contributed by atoms with Crippen molar-refractivity contribution in [3.63, 3.8) is 0 Å². The molecule has 0 aromatic carbocycles. The van der Waals surface area contributed by atoms with Crippen LogP contribution < -0.4 is 10.9 Å². The first-order valence-electron chi connectivity index (χ1n) is 7.42. The molecule has 7 heteroatoms. The first kappa shape index (κ1) is 14.3. The smallest absolute Gasteiger partial charge is 0.268 e. The topological polar surface area (TPSA) is 81.5 Å². The molecule has 0 aliphatic rings. The van der Waals surface area contributed by atoms with Crippen molar-refractivity contribution in [2.75, 3.05) is 0 Å². The van der Waals surface area contributed by atoms with Gasteiger partial charge in [-0.15, -0.1) is 0 Å². The third kappa shape index (κ3) is 2.18. The Kier molecular flexibility index (Phi) is 3.19. The van der Waals surface area contributed by atoms with Crippen LogP contribution in [0.5, 0.6) is 0 Å². The van der Waals surface area contributed by atoms with E-state index in [4.69, 9.17) is 4.42 Å². The normalized spacial score (nSPS) is 11.2. The number of furan rings is 1. The van der Waals surface area contributed by atoms with E-state index >= 15 is 0 Å². The number of rotatable bonds is 3. The van der Waals surface area contributed by atoms with Gasteiger partial charge >= 0.3 is 0 Å². The van der Waals surface area contributed by atoms with E-state index in [1.165, 1.54) is 4.40 Å². The minimum atomic E-state index is -0.291. The number of hydrogen-bond acceptors (Lipinski definition) is 4. The van der Waals surface area contributed by atoms with Gasteiger partial charge in [-0.25, -0.2) is 4.98 Å². The maximum Gasteiger partial charge on any atom is 0.268 e. The number of nitrogens with zero attached hydrogens (tertiary/aromatic N) is 3. The number of amides is 1. The summed E-state index contributed by atoms with van der Waals surface area (Å²) in [6, 6.07) is 10.4. The van der Waals surface area contributed by atoms with Gasteiger partial charge in [0.15, 0.2) is 0 Å². The van der Waals surface area contributed by atoms with Crippen LogP contribution in [0.1, 0.15) is 16.2 Å². The molecule has 0 bridgehead atoms. The monoisotopic (exact) mass is 322 g/mol. The summed E-state index contributed by atoms with van der Waals surface area (Å²) in [4.78, 5) is 29.5. The zero-order chi connectivity index (χ0) is 16.7. The molecule has 0 unspecified atom stereocenters. The van der Waals surface area contributed by atoms with Crippen molar-refractivity contribution in [3.05, 3.63) is 70.7 Å². The van der Waals surface area contributed by atoms with Crippen LogP contribution in [-0.2, 0) is 13.6 Å². The van der Waals surface area contributed by atoms with E-state index in [-0.39, 0.29) is 18.0 Å². The van der Waals surface area contributed by atoms with Crippen molar-refractivity contribution in [3.8, 4) is 0 Å². The Morgan fingerprint density at radius 1 is 1.29 bits per heavy atom. The molecule has 0 saturated carbocycles. The molecule has 4 aromatic rings. The van der Waals surface area contributed by atoms with Crippen molar-refractivity contribution in [1.29, 1.82) is 0 Å². The standard InChI is InChI=1S/C17H14N4O3/c1-20-13(16(22)18-10-11-5-4-8-24-11)9-12-15(20)19-14-6-2-3-7-21(14)17(12)23/h2-9H,10H2,1H3,(H,18,22). The van der Waals surface area contributed by atoms with Gasteiger partial charge in [-0.2, -0.15) is 0 Å². The van der Waals surface area contributed by atoms with Gasteiger partial charge in [0.25, 0.3) is 11.5 Å². The van der Waals surface area contributed by atoms with E-state index in [0.29, 0.717) is 28.1 Å². The van der Waals surface area contributed by atoms with Crippen molar-refractivity contribution in [2.24, 2.45) is 7.05 Å². The fourth-order valence-corrected chi connectivity index (χ4v) is 2.71. The summed E-state index contributed by atoms with van der Waals surface area (Å²) in [5, 5.41) is 3.18. The Hall–Kier alpha value is -3.35. The predicted molar refractivity (Wildman–Crippen MR) is 87.8 cm³/mol. The third-order valence-electron chi connectivity index (χ3n) is 3.94. The second-order valence-corrected chi connectivity index (χ2v) is 5.43. The number of aryl methyl sites for hydroxylation is 1. The van der Waals surface area contributed by atoms with E-state index in [0.717, 1.165) is 0 Å². The average molecular weight is 322 g/mol. The quantitative estimate of drug-likeness (QED) is 0.622. The van der Waals surface area contributed by atoms with E-state index in [9.17, 15) is 9.59 Å². The summed E-state index contributed by atoms with van der Waals surface area (Å²) in [5.74, 6) is 0.367. The number of pyridine rings is 1. The Balaban J connectivity index is 1.77. The molecule has 0 aliphatic carbocycles. The number of hydrogen-bond donors (Lipinski definition) is 1. The molecule has 4 rings (SSSR count). The van der Waals surface area contributed by atoms with Crippen LogP contribution in [0.15, 0.2) is 58.1 Å². The van der Waals surface area contributed by atoms with Gasteiger partial charge in [-0.05, 0) is 30.3 Å². The summed E-state index contributed by atoms with van der Waals surface area (Å²) in [6.07, 6.45) is 3.21. The van der Waals surface area contributed by atoms with E-state index in [1.807, 2.05) is 6.07 Å². The molecular weight excluding hydrogens is 308 g/mol. The number of carbonyl (C=O) groups excluding carboxylic acids is 1. The molecule has 0 spiro atoms. The molecule has 120 valence electrons. The summed E-state index contributed by atoms with van der Waals surface area (Å²) in [5.41, 5.74) is 1.20. The van der Waals surface area contributed by atoms with Crippen LogP contribution in [0.4, 0.5) is 0 Å². The molecule has 1 N–H and O–H groups in total. The highest BCUT2D eigenvalue weighted by Crippen LogP contribution is 2.15. The zero-order valence-electron chi connectivity index (χ0n) is 12.9. The number of fused-ring (bicyclic) bond motifs is 2. The fourth-order valence-electron chi connectivity index (χ4n) is 2.71. The zero-order valence-corrected chi connectivity index (χ0v) is 12.9. The van der Waals surface area contributed by atoms with Gasteiger partial charge in [-0.1, -0.05) is 6.07 Å². The van der Waals surface area contributed by atoms with Crippen LogP contribution in [0.3, 0.4) is 0 Å². The van der Waals surface area contributed by atoms with E-state index < -0.39 is 0 Å². The lowest BCUT2D eigenvalue weighted by Gasteiger charge is -2.05. The molecule has 0 aliphatic heterocycles. The van der Waals surface area contributed by atoms with Crippen molar-refractivity contribution >= 4 is 22.6 Å². The number of aromatic nitrogens is 3. The molecule has 0 saturated heterocycles. The van der Waals surface area contributed by atoms with Crippen LogP contribution in [0.2, 0.25) is 0 Å². The van der Waals surface area contributed by atoms with E-state index in [1.54, 1.807) is 54.4 Å². The van der Waals surface area contributed by atoms with Crippen LogP contribution >= 0.6 is 0 Å². The van der Waals surface area contributed by atoms with Gasteiger partial charge in [0, 0.05) is 13.2 Å². The molecule has 24 heavy (non-hydrogen) atoms. The van der Waals surface area contributed by atoms with Crippen molar-refractivity contribution in [1.82, 2.24) is 19.3 Å². The maximum absolute atomic E-state index is 12.6. The molecule has 7 nitrogen and oxygen atoms in total. The summed E-state index contributed by atoms with van der Waals surface area (Å²) in [7, 11) is 1.72. The summed E-state index contributed by atoms with van der Waals surface area (Å²) < 4.78 is 8.28. The molecule has 0 fully saturated rings. The molecule has 0 atom stereocenters. The van der Waals surface area contributed by atoms with E-state index in [2.05, 4.69) is 10.3 Å². The highest BCUT2D eigenvalue weighted by atomic mass is 16.3. The summed E-state index contributed by atoms with van der Waals surface area (Å²) >= 11 is 0. The number of carbonyl (C=O) groups is 1. The average Bonchev–Trinajstić information content (AvgIpc) is 3.22. The van der Waals surface area contributed by atoms with Gasteiger partial charge < -0.3 is 14.3 Å². The highest BCUT2D eigenvalue weighted by molar-refractivity contribution is 5.97. The highest BCUT2D eigenvalue weighted by Gasteiger charge is 2.17. The lowest BCUT2D eigenvalue weighted by Crippen LogP contribution is -2.24. The largest absolute Gasteiger partial charge is 0.467 e.